The van der Waals surface area contributed by atoms with E-state index in [1.165, 1.54) is 0 Å². The SMILES string of the molecule is CCOc1ccc(C(=O)COC(=O)[C@@H](C(C)C)N2C(=O)c3ccccc3C2=O)cc1. The van der Waals surface area contributed by atoms with Gasteiger partial charge in [-0.3, -0.25) is 19.3 Å². The number of carbonyl (C=O) groups is 4. The Morgan fingerprint density at radius 3 is 2.00 bits per heavy atom. The van der Waals surface area contributed by atoms with Crippen molar-refractivity contribution in [3.8, 4) is 5.75 Å². The molecule has 0 radical (unpaired) electrons. The smallest absolute Gasteiger partial charge is 0.330 e. The lowest BCUT2D eigenvalue weighted by Gasteiger charge is -2.27. The van der Waals surface area contributed by atoms with Gasteiger partial charge in [0.2, 0.25) is 0 Å². The lowest BCUT2D eigenvalue weighted by molar-refractivity contribution is -0.148. The van der Waals surface area contributed by atoms with Crippen molar-refractivity contribution in [2.75, 3.05) is 13.2 Å². The number of carbonyl (C=O) groups excluding carboxylic acids is 4. The standard InChI is InChI=1S/C23H23NO6/c1-4-29-16-11-9-15(10-12-16)19(25)13-30-23(28)20(14(2)3)24-21(26)17-7-5-6-8-18(17)22(24)27/h5-12,14,20H,4,13H2,1-3H3/t20-/m1/s1. The summed E-state index contributed by atoms with van der Waals surface area (Å²) in [6.07, 6.45) is 0. The molecule has 7 nitrogen and oxygen atoms in total. The Hall–Kier alpha value is -3.48. The van der Waals surface area contributed by atoms with E-state index in [1.807, 2.05) is 6.92 Å². The summed E-state index contributed by atoms with van der Waals surface area (Å²) in [5, 5.41) is 0. The highest BCUT2D eigenvalue weighted by molar-refractivity contribution is 6.22. The van der Waals surface area contributed by atoms with Crippen LogP contribution < -0.4 is 4.74 Å². The summed E-state index contributed by atoms with van der Waals surface area (Å²) < 4.78 is 10.5. The maximum atomic E-state index is 12.7. The van der Waals surface area contributed by atoms with Crippen LogP contribution in [0.25, 0.3) is 0 Å². The van der Waals surface area contributed by atoms with Crippen LogP contribution >= 0.6 is 0 Å². The van der Waals surface area contributed by atoms with Gasteiger partial charge in [-0.25, -0.2) is 4.79 Å². The van der Waals surface area contributed by atoms with Gasteiger partial charge in [-0.05, 0) is 49.2 Å². The van der Waals surface area contributed by atoms with Crippen LogP contribution in [-0.4, -0.2) is 47.7 Å². The molecule has 1 atom stereocenters. The lowest BCUT2D eigenvalue weighted by atomic mass is 10.0. The maximum absolute atomic E-state index is 12.7. The molecule has 0 bridgehead atoms. The van der Waals surface area contributed by atoms with E-state index < -0.39 is 36.2 Å². The molecule has 1 aliphatic heterocycles. The van der Waals surface area contributed by atoms with E-state index in [9.17, 15) is 19.2 Å². The van der Waals surface area contributed by atoms with Crippen molar-refractivity contribution in [3.63, 3.8) is 0 Å². The molecule has 3 rings (SSSR count). The van der Waals surface area contributed by atoms with Crippen LogP contribution in [0.4, 0.5) is 0 Å². The number of hydrogen-bond donors (Lipinski definition) is 0. The third kappa shape index (κ3) is 4.10. The molecule has 0 saturated heterocycles. The summed E-state index contributed by atoms with van der Waals surface area (Å²) in [6.45, 7) is 5.31. The summed E-state index contributed by atoms with van der Waals surface area (Å²) >= 11 is 0. The molecule has 2 aromatic rings. The fourth-order valence-electron chi connectivity index (χ4n) is 3.35. The third-order valence-electron chi connectivity index (χ3n) is 4.81. The molecule has 0 saturated carbocycles. The first kappa shape index (κ1) is 21.2. The monoisotopic (exact) mass is 409 g/mol. The van der Waals surface area contributed by atoms with Crippen LogP contribution in [0.3, 0.4) is 0 Å². The number of nitrogens with zero attached hydrogens (tertiary/aromatic N) is 1. The number of hydrogen-bond acceptors (Lipinski definition) is 6. The zero-order chi connectivity index (χ0) is 21.8. The number of rotatable bonds is 8. The maximum Gasteiger partial charge on any atom is 0.330 e. The molecule has 0 aliphatic carbocycles. The number of ketones is 1. The Balaban J connectivity index is 1.70. The van der Waals surface area contributed by atoms with Gasteiger partial charge in [0.15, 0.2) is 12.4 Å². The fraction of sp³-hybridized carbons (Fsp3) is 0.304. The van der Waals surface area contributed by atoms with Gasteiger partial charge >= 0.3 is 5.97 Å². The van der Waals surface area contributed by atoms with Crippen molar-refractivity contribution in [1.29, 1.82) is 0 Å². The quantitative estimate of drug-likeness (QED) is 0.378. The van der Waals surface area contributed by atoms with Crippen molar-refractivity contribution in [2.24, 2.45) is 5.92 Å². The third-order valence-corrected chi connectivity index (χ3v) is 4.81. The Bertz CT molecular complexity index is 944. The summed E-state index contributed by atoms with van der Waals surface area (Å²) in [4.78, 5) is 51.5. The normalized spacial score (nSPS) is 13.9. The second-order valence-electron chi connectivity index (χ2n) is 7.20. The first-order valence-corrected chi connectivity index (χ1v) is 9.74. The Kier molecular flexibility index (Phi) is 6.30. The summed E-state index contributed by atoms with van der Waals surface area (Å²) in [5.74, 6) is -2.01. The van der Waals surface area contributed by atoms with Gasteiger partial charge in [-0.1, -0.05) is 26.0 Å². The van der Waals surface area contributed by atoms with E-state index in [2.05, 4.69) is 0 Å². The first-order chi connectivity index (χ1) is 14.3. The highest BCUT2D eigenvalue weighted by atomic mass is 16.5. The average molecular weight is 409 g/mol. The molecule has 156 valence electrons. The van der Waals surface area contributed by atoms with Crippen LogP contribution in [0, 0.1) is 5.92 Å². The van der Waals surface area contributed by atoms with Crippen molar-refractivity contribution in [1.82, 2.24) is 4.90 Å². The zero-order valence-corrected chi connectivity index (χ0v) is 17.1. The Labute approximate surface area is 174 Å². The lowest BCUT2D eigenvalue weighted by Crippen LogP contribution is -2.49. The van der Waals surface area contributed by atoms with E-state index in [1.54, 1.807) is 62.4 Å². The van der Waals surface area contributed by atoms with Gasteiger partial charge in [0.1, 0.15) is 11.8 Å². The van der Waals surface area contributed by atoms with Crippen LogP contribution in [0.5, 0.6) is 5.75 Å². The number of esters is 1. The number of imide groups is 1. The van der Waals surface area contributed by atoms with Crippen molar-refractivity contribution < 1.29 is 28.7 Å². The largest absolute Gasteiger partial charge is 0.494 e. The number of Topliss-reactive ketones (excluding diaryl/α,β-unsaturated/α-hetero) is 1. The minimum Gasteiger partial charge on any atom is -0.494 e. The predicted molar refractivity (Wildman–Crippen MR) is 108 cm³/mol. The Morgan fingerprint density at radius 1 is 0.933 bits per heavy atom. The van der Waals surface area contributed by atoms with Gasteiger partial charge in [0, 0.05) is 5.56 Å². The minimum absolute atomic E-state index is 0.256. The molecule has 7 heteroatoms. The number of ether oxygens (including phenoxy) is 2. The molecule has 0 unspecified atom stereocenters. The Morgan fingerprint density at radius 2 is 1.50 bits per heavy atom. The number of amides is 2. The molecule has 2 amide bonds. The number of benzene rings is 2. The van der Waals surface area contributed by atoms with E-state index in [4.69, 9.17) is 9.47 Å². The second kappa shape index (κ2) is 8.90. The van der Waals surface area contributed by atoms with Crippen LogP contribution in [0.15, 0.2) is 48.5 Å². The van der Waals surface area contributed by atoms with Crippen molar-refractivity contribution in [3.05, 3.63) is 65.2 Å². The molecule has 0 fully saturated rings. The number of fused-ring (bicyclic) bond motifs is 1. The highest BCUT2D eigenvalue weighted by Gasteiger charge is 2.44. The van der Waals surface area contributed by atoms with Gasteiger partial charge < -0.3 is 9.47 Å². The van der Waals surface area contributed by atoms with Crippen molar-refractivity contribution >= 4 is 23.6 Å². The van der Waals surface area contributed by atoms with Gasteiger partial charge in [0.05, 0.1) is 17.7 Å². The molecular weight excluding hydrogens is 386 g/mol. The van der Waals surface area contributed by atoms with Crippen LogP contribution in [0.2, 0.25) is 0 Å². The topological polar surface area (TPSA) is 90.0 Å². The molecule has 0 N–H and O–H groups in total. The summed E-state index contributed by atoms with van der Waals surface area (Å²) in [5.41, 5.74) is 0.880. The molecule has 0 spiro atoms. The predicted octanol–water partition coefficient (Wildman–Crippen LogP) is 3.13. The second-order valence-corrected chi connectivity index (χ2v) is 7.20. The summed E-state index contributed by atoms with van der Waals surface area (Å²) in [7, 11) is 0. The molecular formula is C23H23NO6. The summed E-state index contributed by atoms with van der Waals surface area (Å²) in [6, 6.07) is 11.8. The minimum atomic E-state index is -1.12. The molecule has 1 aliphatic rings. The fourth-order valence-corrected chi connectivity index (χ4v) is 3.35. The molecule has 30 heavy (non-hydrogen) atoms. The average Bonchev–Trinajstić information content (AvgIpc) is 2.98. The van der Waals surface area contributed by atoms with E-state index in [0.29, 0.717) is 17.9 Å². The highest BCUT2D eigenvalue weighted by Crippen LogP contribution is 2.27. The van der Waals surface area contributed by atoms with Crippen molar-refractivity contribution in [2.45, 2.75) is 26.8 Å². The van der Waals surface area contributed by atoms with Crippen LogP contribution in [0.1, 0.15) is 51.8 Å². The van der Waals surface area contributed by atoms with E-state index in [-0.39, 0.29) is 17.0 Å². The van der Waals surface area contributed by atoms with Gasteiger partial charge in [-0.15, -0.1) is 0 Å². The van der Waals surface area contributed by atoms with Crippen LogP contribution in [-0.2, 0) is 9.53 Å². The van der Waals surface area contributed by atoms with E-state index >= 15 is 0 Å². The molecule has 2 aromatic carbocycles. The van der Waals surface area contributed by atoms with E-state index in [0.717, 1.165) is 4.90 Å². The molecule has 0 aromatic heterocycles. The first-order valence-electron chi connectivity index (χ1n) is 9.74. The van der Waals surface area contributed by atoms with Gasteiger partial charge in [0.25, 0.3) is 11.8 Å². The molecule has 1 heterocycles. The zero-order valence-electron chi connectivity index (χ0n) is 17.1. The van der Waals surface area contributed by atoms with Gasteiger partial charge in [-0.2, -0.15) is 0 Å².